The lowest BCUT2D eigenvalue weighted by Crippen LogP contribution is -2.42. The summed E-state index contributed by atoms with van der Waals surface area (Å²) in [5, 5.41) is 12.9. The summed E-state index contributed by atoms with van der Waals surface area (Å²) in [6.45, 7) is 2.11. The van der Waals surface area contributed by atoms with Crippen molar-refractivity contribution in [3.8, 4) is 5.88 Å². The second kappa shape index (κ2) is 6.38. The number of rotatable bonds is 5. The molecule has 4 rings (SSSR count). The van der Waals surface area contributed by atoms with Crippen molar-refractivity contribution < 1.29 is 9.53 Å². The molecule has 5 nitrogen and oxygen atoms in total. The van der Waals surface area contributed by atoms with E-state index in [1.54, 1.807) is 6.20 Å². The lowest BCUT2D eigenvalue weighted by Gasteiger charge is -2.28. The van der Waals surface area contributed by atoms with E-state index in [1.165, 1.54) is 25.7 Å². The fourth-order valence-corrected chi connectivity index (χ4v) is 4.55. The van der Waals surface area contributed by atoms with Crippen LogP contribution in [0, 0.1) is 17.8 Å². The lowest BCUT2D eigenvalue weighted by molar-refractivity contribution is -0.124. The molecule has 24 heavy (non-hydrogen) atoms. The molecule has 2 aromatic rings. The van der Waals surface area contributed by atoms with E-state index in [1.807, 2.05) is 24.3 Å². The Balaban J connectivity index is 1.34. The number of amides is 1. The third kappa shape index (κ3) is 2.95. The van der Waals surface area contributed by atoms with E-state index in [4.69, 9.17) is 4.74 Å². The highest BCUT2D eigenvalue weighted by atomic mass is 16.5. The molecule has 2 aliphatic carbocycles. The normalized spacial score (nSPS) is 26.5. The van der Waals surface area contributed by atoms with E-state index in [-0.39, 0.29) is 18.6 Å². The second-order valence-corrected chi connectivity index (χ2v) is 7.22. The molecular weight excluding hydrogens is 302 g/mol. The van der Waals surface area contributed by atoms with Crippen LogP contribution in [0.25, 0.3) is 10.8 Å². The molecule has 2 aliphatic rings. The minimum Gasteiger partial charge on any atom is -0.466 e. The zero-order valence-corrected chi connectivity index (χ0v) is 13.9. The first-order valence-electron chi connectivity index (χ1n) is 8.83. The van der Waals surface area contributed by atoms with E-state index >= 15 is 0 Å². The van der Waals surface area contributed by atoms with Crippen molar-refractivity contribution in [1.29, 1.82) is 0 Å². The van der Waals surface area contributed by atoms with Crippen LogP contribution >= 0.6 is 0 Å². The van der Waals surface area contributed by atoms with E-state index in [0.717, 1.165) is 22.6 Å². The predicted octanol–water partition coefficient (Wildman–Crippen LogP) is 2.95. The Kier molecular flexibility index (Phi) is 4.08. The maximum absolute atomic E-state index is 12.2. The lowest BCUT2D eigenvalue weighted by atomic mass is 9.84. The standard InChI is InChI=1S/C19H23N3O2/c1-12(17-9-13-6-7-14(17)8-13)21-18(23)11-24-19-16-5-3-2-4-15(16)10-20-22-19/h2-5,10,12-14,17H,6-9,11H2,1H3,(H,21,23)/t12-,13+,14+,17-/m1/s1. The van der Waals surface area contributed by atoms with Crippen molar-refractivity contribution in [3.05, 3.63) is 30.5 Å². The number of hydrogen-bond donors (Lipinski definition) is 1. The zero-order valence-electron chi connectivity index (χ0n) is 13.9. The Morgan fingerprint density at radius 1 is 1.33 bits per heavy atom. The summed E-state index contributed by atoms with van der Waals surface area (Å²) in [6.07, 6.45) is 7.02. The fraction of sp³-hybridized carbons (Fsp3) is 0.526. The van der Waals surface area contributed by atoms with Gasteiger partial charge in [0.25, 0.3) is 5.91 Å². The number of ether oxygens (including phenoxy) is 1. The van der Waals surface area contributed by atoms with Crippen molar-refractivity contribution >= 4 is 16.7 Å². The molecule has 1 aromatic carbocycles. The summed E-state index contributed by atoms with van der Waals surface area (Å²) >= 11 is 0. The van der Waals surface area contributed by atoms with Crippen LogP contribution in [0.4, 0.5) is 0 Å². The van der Waals surface area contributed by atoms with Crippen molar-refractivity contribution in [2.75, 3.05) is 6.61 Å². The number of aromatic nitrogens is 2. The van der Waals surface area contributed by atoms with Crippen LogP contribution in [-0.2, 0) is 4.79 Å². The van der Waals surface area contributed by atoms with E-state index in [2.05, 4.69) is 22.4 Å². The first-order valence-corrected chi connectivity index (χ1v) is 8.83. The molecule has 2 bridgehead atoms. The van der Waals surface area contributed by atoms with Crippen molar-refractivity contribution in [1.82, 2.24) is 15.5 Å². The Labute approximate surface area is 141 Å². The van der Waals surface area contributed by atoms with Gasteiger partial charge in [0.1, 0.15) is 0 Å². The Hall–Kier alpha value is -2.17. The van der Waals surface area contributed by atoms with Crippen LogP contribution < -0.4 is 10.1 Å². The van der Waals surface area contributed by atoms with Gasteiger partial charge in [-0.15, -0.1) is 5.10 Å². The Morgan fingerprint density at radius 2 is 2.21 bits per heavy atom. The number of carbonyl (C=O) groups is 1. The zero-order chi connectivity index (χ0) is 16.5. The van der Waals surface area contributed by atoms with Crippen molar-refractivity contribution in [2.45, 2.75) is 38.6 Å². The summed E-state index contributed by atoms with van der Waals surface area (Å²) < 4.78 is 5.62. The van der Waals surface area contributed by atoms with Crippen molar-refractivity contribution in [2.24, 2.45) is 17.8 Å². The smallest absolute Gasteiger partial charge is 0.258 e. The van der Waals surface area contributed by atoms with Gasteiger partial charge in [-0.1, -0.05) is 24.6 Å². The molecule has 2 fully saturated rings. The SMILES string of the molecule is C[C@@H](NC(=O)COc1nncc2ccccc12)[C@H]1C[C@H]2CC[C@H]1C2. The van der Waals surface area contributed by atoms with Crippen LogP contribution in [0.1, 0.15) is 32.6 Å². The number of benzene rings is 1. The first-order chi connectivity index (χ1) is 11.7. The summed E-state index contributed by atoms with van der Waals surface area (Å²) in [6, 6.07) is 7.96. The number of hydrogen-bond acceptors (Lipinski definition) is 4. The summed E-state index contributed by atoms with van der Waals surface area (Å²) in [5.41, 5.74) is 0. The van der Waals surface area contributed by atoms with Crippen LogP contribution in [0.15, 0.2) is 30.5 Å². The van der Waals surface area contributed by atoms with Crippen molar-refractivity contribution in [3.63, 3.8) is 0 Å². The molecule has 0 spiro atoms. The third-order valence-electron chi connectivity index (χ3n) is 5.70. The topological polar surface area (TPSA) is 64.1 Å². The van der Waals surface area contributed by atoms with E-state index in [0.29, 0.717) is 11.8 Å². The Bertz CT molecular complexity index is 743. The molecule has 1 N–H and O–H groups in total. The highest BCUT2D eigenvalue weighted by Crippen LogP contribution is 2.49. The number of fused-ring (bicyclic) bond motifs is 3. The van der Waals surface area contributed by atoms with Crippen LogP contribution in [0.2, 0.25) is 0 Å². The highest BCUT2D eigenvalue weighted by molar-refractivity contribution is 5.86. The minimum absolute atomic E-state index is 0.0200. The second-order valence-electron chi connectivity index (χ2n) is 7.22. The number of carbonyl (C=O) groups excluding carboxylic acids is 1. The van der Waals surface area contributed by atoms with Gasteiger partial charge in [0.05, 0.1) is 6.20 Å². The molecule has 126 valence electrons. The largest absolute Gasteiger partial charge is 0.466 e. The predicted molar refractivity (Wildman–Crippen MR) is 91.6 cm³/mol. The highest BCUT2D eigenvalue weighted by Gasteiger charge is 2.42. The molecule has 5 heteroatoms. The molecule has 2 saturated carbocycles. The quantitative estimate of drug-likeness (QED) is 0.918. The molecule has 1 heterocycles. The van der Waals surface area contributed by atoms with E-state index < -0.39 is 0 Å². The van der Waals surface area contributed by atoms with Gasteiger partial charge < -0.3 is 10.1 Å². The summed E-state index contributed by atoms with van der Waals surface area (Å²) in [5.74, 6) is 2.65. The Morgan fingerprint density at radius 3 is 3.00 bits per heavy atom. The fourth-order valence-electron chi connectivity index (χ4n) is 4.55. The summed E-state index contributed by atoms with van der Waals surface area (Å²) in [7, 11) is 0. The summed E-state index contributed by atoms with van der Waals surface area (Å²) in [4.78, 5) is 12.2. The van der Waals surface area contributed by atoms with Gasteiger partial charge in [-0.3, -0.25) is 4.79 Å². The first kappa shape index (κ1) is 15.4. The minimum atomic E-state index is -0.0833. The number of nitrogens with one attached hydrogen (secondary N) is 1. The molecule has 0 aliphatic heterocycles. The molecule has 0 radical (unpaired) electrons. The molecule has 4 atom stereocenters. The average molecular weight is 325 g/mol. The third-order valence-corrected chi connectivity index (χ3v) is 5.70. The maximum Gasteiger partial charge on any atom is 0.258 e. The molecular formula is C19H23N3O2. The van der Waals surface area contributed by atoms with E-state index in [9.17, 15) is 4.79 Å². The van der Waals surface area contributed by atoms with Gasteiger partial charge in [0.15, 0.2) is 6.61 Å². The van der Waals surface area contributed by atoms with Gasteiger partial charge in [0, 0.05) is 16.8 Å². The van der Waals surface area contributed by atoms with Gasteiger partial charge in [-0.2, -0.15) is 5.10 Å². The molecule has 0 saturated heterocycles. The van der Waals surface area contributed by atoms with Crippen LogP contribution in [0.5, 0.6) is 5.88 Å². The molecule has 1 amide bonds. The van der Waals surface area contributed by atoms with Gasteiger partial charge in [-0.05, 0) is 50.0 Å². The van der Waals surface area contributed by atoms with Gasteiger partial charge in [-0.25, -0.2) is 0 Å². The van der Waals surface area contributed by atoms with Gasteiger partial charge >= 0.3 is 0 Å². The van der Waals surface area contributed by atoms with Crippen LogP contribution in [-0.4, -0.2) is 28.8 Å². The average Bonchev–Trinajstić information content (AvgIpc) is 3.23. The molecule has 1 aromatic heterocycles. The monoisotopic (exact) mass is 325 g/mol. The molecule has 0 unspecified atom stereocenters. The van der Waals surface area contributed by atoms with Crippen LogP contribution in [0.3, 0.4) is 0 Å². The maximum atomic E-state index is 12.2. The number of nitrogens with zero attached hydrogens (tertiary/aromatic N) is 2. The van der Waals surface area contributed by atoms with Gasteiger partial charge in [0.2, 0.25) is 5.88 Å².